The van der Waals surface area contributed by atoms with Gasteiger partial charge in [-0.25, -0.2) is 0 Å². The highest BCUT2D eigenvalue weighted by molar-refractivity contribution is 8.15. The van der Waals surface area contributed by atoms with E-state index in [0.717, 1.165) is 41.7 Å². The van der Waals surface area contributed by atoms with Gasteiger partial charge in [0.25, 0.3) is 0 Å². The number of fused-ring (bicyclic) bond motifs is 1. The van der Waals surface area contributed by atoms with Crippen molar-refractivity contribution < 1.29 is 19.1 Å². The van der Waals surface area contributed by atoms with Crippen LogP contribution in [0.25, 0.3) is 0 Å². The number of ether oxygens (including phenoxy) is 2. The standard InChI is InChI=1S/C27H30O4S/c1-16-17(2)19(4)26-22(18(16)3)12-13-27(5,31-26)15-30-21-8-6-20(7-9-21)14-24-23(28)10-11-25(29)32-24/h6-11,24H,12-15H2,1-5H3. The Morgan fingerprint density at radius 3 is 2.41 bits per heavy atom. The minimum atomic E-state index is -0.386. The van der Waals surface area contributed by atoms with Gasteiger partial charge >= 0.3 is 0 Å². The minimum Gasteiger partial charge on any atom is -0.489 e. The molecule has 0 amide bonds. The number of carbonyl (C=O) groups is 2. The van der Waals surface area contributed by atoms with Crippen molar-refractivity contribution in [2.45, 2.75) is 64.7 Å². The van der Waals surface area contributed by atoms with Crippen LogP contribution in [0.1, 0.15) is 46.7 Å². The lowest BCUT2D eigenvalue weighted by molar-refractivity contribution is -0.115. The van der Waals surface area contributed by atoms with Gasteiger partial charge in [0, 0.05) is 0 Å². The maximum Gasteiger partial charge on any atom is 0.212 e. The molecule has 0 aromatic heterocycles. The van der Waals surface area contributed by atoms with Gasteiger partial charge in [-0.15, -0.1) is 0 Å². The molecule has 0 radical (unpaired) electrons. The van der Waals surface area contributed by atoms with Crippen LogP contribution in [0.3, 0.4) is 0 Å². The van der Waals surface area contributed by atoms with E-state index in [9.17, 15) is 9.59 Å². The average molecular weight is 451 g/mol. The lowest BCUT2D eigenvalue weighted by Crippen LogP contribution is -2.42. The molecule has 0 fully saturated rings. The first-order valence-corrected chi connectivity index (χ1v) is 12.0. The third kappa shape index (κ3) is 4.49. The van der Waals surface area contributed by atoms with Gasteiger partial charge in [0.1, 0.15) is 23.7 Å². The van der Waals surface area contributed by atoms with Crippen molar-refractivity contribution in [2.75, 3.05) is 6.61 Å². The summed E-state index contributed by atoms with van der Waals surface area (Å²) >= 11 is 1.10. The van der Waals surface area contributed by atoms with Crippen molar-refractivity contribution >= 4 is 22.7 Å². The summed E-state index contributed by atoms with van der Waals surface area (Å²) in [5, 5.41) is -0.402. The lowest BCUT2D eigenvalue weighted by Gasteiger charge is -2.38. The molecule has 2 unspecified atom stereocenters. The molecule has 32 heavy (non-hydrogen) atoms. The van der Waals surface area contributed by atoms with E-state index in [0.29, 0.717) is 13.0 Å². The molecule has 168 valence electrons. The molecule has 0 aliphatic carbocycles. The van der Waals surface area contributed by atoms with Crippen LogP contribution in [-0.2, 0) is 22.4 Å². The summed E-state index contributed by atoms with van der Waals surface area (Å²) in [4.78, 5) is 23.6. The summed E-state index contributed by atoms with van der Waals surface area (Å²) in [5.74, 6) is 1.79. The van der Waals surface area contributed by atoms with E-state index in [2.05, 4.69) is 34.6 Å². The molecule has 2 atom stereocenters. The third-order valence-corrected chi connectivity index (χ3v) is 7.91. The number of benzene rings is 2. The second-order valence-electron chi connectivity index (χ2n) is 9.16. The summed E-state index contributed by atoms with van der Waals surface area (Å²) in [6, 6.07) is 7.78. The Morgan fingerprint density at radius 2 is 1.69 bits per heavy atom. The SMILES string of the molecule is Cc1c(C)c(C)c2c(c1C)CCC(C)(COc1ccc(CC3SC(=O)C=CC3=O)cc1)O2. The molecule has 4 nitrogen and oxygen atoms in total. The maximum absolute atomic E-state index is 12.0. The molecule has 2 aromatic carbocycles. The zero-order valence-electron chi connectivity index (χ0n) is 19.4. The Balaban J connectivity index is 1.40. The Kier molecular flexibility index (Phi) is 6.22. The van der Waals surface area contributed by atoms with Crippen LogP contribution in [0.4, 0.5) is 0 Å². The number of ketones is 1. The monoisotopic (exact) mass is 450 g/mol. The summed E-state index contributed by atoms with van der Waals surface area (Å²) in [5.41, 5.74) is 7.18. The normalized spacial score (nSPS) is 22.5. The first-order valence-electron chi connectivity index (χ1n) is 11.1. The Morgan fingerprint density at radius 1 is 1.00 bits per heavy atom. The molecule has 0 saturated carbocycles. The van der Waals surface area contributed by atoms with Gasteiger partial charge in [0.15, 0.2) is 5.78 Å². The van der Waals surface area contributed by atoms with E-state index in [-0.39, 0.29) is 21.7 Å². The first kappa shape index (κ1) is 22.7. The average Bonchev–Trinajstić information content (AvgIpc) is 2.78. The molecule has 0 bridgehead atoms. The summed E-state index contributed by atoms with van der Waals surface area (Å²) in [6.45, 7) is 11.3. The van der Waals surface area contributed by atoms with E-state index >= 15 is 0 Å². The van der Waals surface area contributed by atoms with Crippen LogP contribution in [-0.4, -0.2) is 28.4 Å². The smallest absolute Gasteiger partial charge is 0.212 e. The largest absolute Gasteiger partial charge is 0.489 e. The Hall–Kier alpha value is -2.53. The van der Waals surface area contributed by atoms with Gasteiger partial charge < -0.3 is 9.47 Å². The van der Waals surface area contributed by atoms with Gasteiger partial charge in [0.05, 0.1) is 5.25 Å². The third-order valence-electron chi connectivity index (χ3n) is 6.86. The van der Waals surface area contributed by atoms with Gasteiger partial charge in [0.2, 0.25) is 5.12 Å². The second kappa shape index (κ2) is 8.78. The van der Waals surface area contributed by atoms with Crippen molar-refractivity contribution in [3.63, 3.8) is 0 Å². The van der Waals surface area contributed by atoms with Gasteiger partial charge in [-0.3, -0.25) is 9.59 Å². The number of hydrogen-bond acceptors (Lipinski definition) is 5. The quantitative estimate of drug-likeness (QED) is 0.611. The van der Waals surface area contributed by atoms with Crippen LogP contribution < -0.4 is 9.47 Å². The van der Waals surface area contributed by atoms with E-state index in [1.165, 1.54) is 40.0 Å². The molecule has 0 saturated heterocycles. The molecule has 2 aliphatic rings. The molecular weight excluding hydrogens is 420 g/mol. The van der Waals surface area contributed by atoms with Gasteiger partial charge in [-0.2, -0.15) is 0 Å². The number of allylic oxidation sites excluding steroid dienone is 1. The molecule has 4 rings (SSSR count). The van der Waals surface area contributed by atoms with Crippen molar-refractivity contribution in [2.24, 2.45) is 0 Å². The van der Waals surface area contributed by atoms with Gasteiger partial charge in [-0.1, -0.05) is 23.9 Å². The molecule has 5 heteroatoms. The Labute approximate surface area is 194 Å². The molecular formula is C27H30O4S. The van der Waals surface area contributed by atoms with E-state index in [4.69, 9.17) is 9.47 Å². The number of hydrogen-bond donors (Lipinski definition) is 0. The number of carbonyl (C=O) groups excluding carboxylic acids is 2. The number of thioether (sulfide) groups is 1. The molecule has 2 heterocycles. The van der Waals surface area contributed by atoms with Crippen LogP contribution in [0, 0.1) is 27.7 Å². The van der Waals surface area contributed by atoms with Gasteiger partial charge in [-0.05, 0) is 112 Å². The fourth-order valence-corrected chi connectivity index (χ4v) is 5.29. The van der Waals surface area contributed by atoms with Crippen molar-refractivity contribution in [1.82, 2.24) is 0 Å². The molecule has 2 aliphatic heterocycles. The van der Waals surface area contributed by atoms with E-state index in [1.807, 2.05) is 24.3 Å². The van der Waals surface area contributed by atoms with E-state index < -0.39 is 0 Å². The zero-order chi connectivity index (χ0) is 23.0. The highest BCUT2D eigenvalue weighted by Crippen LogP contribution is 2.41. The predicted octanol–water partition coefficient (Wildman–Crippen LogP) is 5.39. The molecule has 2 aromatic rings. The number of rotatable bonds is 5. The van der Waals surface area contributed by atoms with Crippen LogP contribution in [0.2, 0.25) is 0 Å². The van der Waals surface area contributed by atoms with Crippen LogP contribution in [0.5, 0.6) is 11.5 Å². The lowest BCUT2D eigenvalue weighted by atomic mass is 9.85. The minimum absolute atomic E-state index is 0.00598. The fourth-order valence-electron chi connectivity index (χ4n) is 4.39. The van der Waals surface area contributed by atoms with Crippen LogP contribution in [0.15, 0.2) is 36.4 Å². The highest BCUT2D eigenvalue weighted by atomic mass is 32.2. The predicted molar refractivity (Wildman–Crippen MR) is 129 cm³/mol. The van der Waals surface area contributed by atoms with Crippen LogP contribution >= 0.6 is 11.8 Å². The van der Waals surface area contributed by atoms with E-state index in [1.54, 1.807) is 0 Å². The topological polar surface area (TPSA) is 52.6 Å². The highest BCUT2D eigenvalue weighted by Gasteiger charge is 2.35. The zero-order valence-corrected chi connectivity index (χ0v) is 20.2. The molecule has 0 N–H and O–H groups in total. The summed E-state index contributed by atoms with van der Waals surface area (Å²) < 4.78 is 12.6. The summed E-state index contributed by atoms with van der Waals surface area (Å²) in [6.07, 6.45) is 5.16. The fraction of sp³-hybridized carbons (Fsp3) is 0.407. The van der Waals surface area contributed by atoms with Crippen molar-refractivity contribution in [3.05, 3.63) is 69.8 Å². The van der Waals surface area contributed by atoms with Crippen molar-refractivity contribution in [3.8, 4) is 11.5 Å². The molecule has 0 spiro atoms. The van der Waals surface area contributed by atoms with Crippen molar-refractivity contribution in [1.29, 1.82) is 0 Å². The Bertz CT molecular complexity index is 1100. The summed E-state index contributed by atoms with van der Waals surface area (Å²) in [7, 11) is 0. The second-order valence-corrected chi connectivity index (χ2v) is 10.4. The maximum atomic E-state index is 12.0. The first-order chi connectivity index (χ1) is 15.2.